The van der Waals surface area contributed by atoms with Crippen molar-refractivity contribution in [1.82, 2.24) is 10.3 Å². The molecule has 1 heterocycles. The third-order valence-corrected chi connectivity index (χ3v) is 5.02. The molecule has 4 nitrogen and oxygen atoms in total. The first kappa shape index (κ1) is 15.1. The maximum absolute atomic E-state index is 12.4. The molecule has 1 amide bonds. The quantitative estimate of drug-likeness (QED) is 0.896. The second-order valence-electron chi connectivity index (χ2n) is 6.41. The SMILES string of the molecule is CCNc1ccc(Cl)c(C(=O)NC2C(C)(C)C2(C)C)n1. The molecule has 5 heteroatoms. The summed E-state index contributed by atoms with van der Waals surface area (Å²) < 4.78 is 0. The number of amides is 1. The molecule has 0 saturated heterocycles. The van der Waals surface area contributed by atoms with Crippen LogP contribution in [0, 0.1) is 10.8 Å². The molecule has 0 radical (unpaired) electrons. The highest BCUT2D eigenvalue weighted by Gasteiger charge is 2.65. The highest BCUT2D eigenvalue weighted by Crippen LogP contribution is 2.62. The van der Waals surface area contributed by atoms with Crippen molar-refractivity contribution in [3.8, 4) is 0 Å². The molecular formula is C15H22ClN3O. The van der Waals surface area contributed by atoms with Crippen molar-refractivity contribution in [1.29, 1.82) is 0 Å². The zero-order valence-electron chi connectivity index (χ0n) is 12.7. The van der Waals surface area contributed by atoms with Crippen LogP contribution in [0.3, 0.4) is 0 Å². The summed E-state index contributed by atoms with van der Waals surface area (Å²) in [7, 11) is 0. The van der Waals surface area contributed by atoms with Crippen molar-refractivity contribution >= 4 is 23.3 Å². The average Bonchev–Trinajstić information content (AvgIpc) is 2.74. The number of rotatable bonds is 4. The Hall–Kier alpha value is -1.29. The summed E-state index contributed by atoms with van der Waals surface area (Å²) >= 11 is 6.09. The first-order chi connectivity index (χ1) is 9.21. The number of aromatic nitrogens is 1. The van der Waals surface area contributed by atoms with Crippen molar-refractivity contribution in [3.05, 3.63) is 22.8 Å². The minimum Gasteiger partial charge on any atom is -0.370 e. The van der Waals surface area contributed by atoms with Crippen LogP contribution in [0.4, 0.5) is 5.82 Å². The summed E-state index contributed by atoms with van der Waals surface area (Å²) in [5.74, 6) is 0.453. The maximum Gasteiger partial charge on any atom is 0.271 e. The van der Waals surface area contributed by atoms with Gasteiger partial charge in [0.05, 0.1) is 5.02 Å². The van der Waals surface area contributed by atoms with Crippen molar-refractivity contribution in [2.75, 3.05) is 11.9 Å². The second-order valence-corrected chi connectivity index (χ2v) is 6.81. The predicted octanol–water partition coefficient (Wildman–Crippen LogP) is 3.33. The zero-order valence-corrected chi connectivity index (χ0v) is 13.4. The van der Waals surface area contributed by atoms with Crippen LogP contribution in [0.25, 0.3) is 0 Å². The molecular weight excluding hydrogens is 274 g/mol. The number of nitrogens with zero attached hydrogens (tertiary/aromatic N) is 1. The molecule has 1 aromatic heterocycles. The van der Waals surface area contributed by atoms with E-state index in [9.17, 15) is 4.79 Å². The Bertz CT molecular complexity index is 526. The lowest BCUT2D eigenvalue weighted by atomic mass is 10.0. The number of halogens is 1. The minimum absolute atomic E-state index is 0.0917. The van der Waals surface area contributed by atoms with Gasteiger partial charge >= 0.3 is 0 Å². The van der Waals surface area contributed by atoms with Gasteiger partial charge in [0, 0.05) is 12.6 Å². The molecule has 1 fully saturated rings. The van der Waals surface area contributed by atoms with E-state index in [1.54, 1.807) is 12.1 Å². The van der Waals surface area contributed by atoms with Crippen LogP contribution in [0.5, 0.6) is 0 Å². The van der Waals surface area contributed by atoms with Gasteiger partial charge in [-0.3, -0.25) is 4.79 Å². The van der Waals surface area contributed by atoms with Gasteiger partial charge in [0.2, 0.25) is 0 Å². The molecule has 20 heavy (non-hydrogen) atoms. The van der Waals surface area contributed by atoms with Crippen LogP contribution in [-0.2, 0) is 0 Å². The van der Waals surface area contributed by atoms with E-state index in [1.807, 2.05) is 6.92 Å². The van der Waals surface area contributed by atoms with Crippen LogP contribution in [0.2, 0.25) is 5.02 Å². The van der Waals surface area contributed by atoms with Crippen LogP contribution < -0.4 is 10.6 Å². The summed E-state index contributed by atoms with van der Waals surface area (Å²) in [4.78, 5) is 16.6. The maximum atomic E-state index is 12.4. The van der Waals surface area contributed by atoms with E-state index in [0.717, 1.165) is 6.54 Å². The van der Waals surface area contributed by atoms with Crippen LogP contribution >= 0.6 is 11.6 Å². The molecule has 1 saturated carbocycles. The standard InChI is InChI=1S/C15H22ClN3O/c1-6-17-10-8-7-9(16)11(18-10)12(20)19-13-14(2,3)15(13,4)5/h7-8,13H,6H2,1-5H3,(H,17,18)(H,19,20). The molecule has 0 aromatic carbocycles. The van der Waals surface area contributed by atoms with Gasteiger partial charge in [-0.15, -0.1) is 0 Å². The molecule has 1 aliphatic carbocycles. The number of carbonyl (C=O) groups is 1. The van der Waals surface area contributed by atoms with Gasteiger partial charge in [0.25, 0.3) is 5.91 Å². The Morgan fingerprint density at radius 1 is 1.30 bits per heavy atom. The first-order valence-electron chi connectivity index (χ1n) is 6.93. The number of hydrogen-bond acceptors (Lipinski definition) is 3. The molecule has 1 aromatic rings. The summed E-state index contributed by atoms with van der Waals surface area (Å²) in [6.45, 7) is 11.3. The Balaban J connectivity index is 2.16. The van der Waals surface area contributed by atoms with E-state index in [0.29, 0.717) is 10.8 Å². The van der Waals surface area contributed by atoms with Gasteiger partial charge in [-0.05, 0) is 29.9 Å². The summed E-state index contributed by atoms with van der Waals surface area (Å²) in [6, 6.07) is 3.61. The number of hydrogen-bond donors (Lipinski definition) is 2. The predicted molar refractivity (Wildman–Crippen MR) is 82.2 cm³/mol. The van der Waals surface area contributed by atoms with Gasteiger partial charge < -0.3 is 10.6 Å². The molecule has 0 atom stereocenters. The number of anilines is 1. The smallest absolute Gasteiger partial charge is 0.271 e. The topological polar surface area (TPSA) is 54.0 Å². The number of carbonyl (C=O) groups excluding carboxylic acids is 1. The van der Waals surface area contributed by atoms with Gasteiger partial charge in [-0.1, -0.05) is 39.3 Å². The average molecular weight is 296 g/mol. The lowest BCUT2D eigenvalue weighted by Crippen LogP contribution is -2.30. The van der Waals surface area contributed by atoms with Crippen molar-refractivity contribution in [2.24, 2.45) is 10.8 Å². The van der Waals surface area contributed by atoms with Crippen molar-refractivity contribution < 1.29 is 4.79 Å². The van der Waals surface area contributed by atoms with E-state index >= 15 is 0 Å². The van der Waals surface area contributed by atoms with Gasteiger partial charge in [-0.2, -0.15) is 0 Å². The Morgan fingerprint density at radius 3 is 2.40 bits per heavy atom. The summed E-state index contributed by atoms with van der Waals surface area (Å²) in [5.41, 5.74) is 0.464. The third kappa shape index (κ3) is 2.37. The Kier molecular flexibility index (Phi) is 3.71. The van der Waals surface area contributed by atoms with Crippen LogP contribution in [0.1, 0.15) is 45.1 Å². The number of nitrogens with one attached hydrogen (secondary N) is 2. The highest BCUT2D eigenvalue weighted by atomic mass is 35.5. The largest absolute Gasteiger partial charge is 0.370 e. The lowest BCUT2D eigenvalue weighted by Gasteiger charge is -2.09. The van der Waals surface area contributed by atoms with E-state index in [-0.39, 0.29) is 28.5 Å². The highest BCUT2D eigenvalue weighted by molar-refractivity contribution is 6.33. The van der Waals surface area contributed by atoms with Crippen molar-refractivity contribution in [2.45, 2.75) is 40.7 Å². The monoisotopic (exact) mass is 295 g/mol. The fraction of sp³-hybridized carbons (Fsp3) is 0.600. The Morgan fingerprint density at radius 2 is 1.90 bits per heavy atom. The van der Waals surface area contributed by atoms with E-state index < -0.39 is 0 Å². The summed E-state index contributed by atoms with van der Waals surface area (Å²) in [5, 5.41) is 6.50. The van der Waals surface area contributed by atoms with Gasteiger partial charge in [0.15, 0.2) is 0 Å². The van der Waals surface area contributed by atoms with Gasteiger partial charge in [0.1, 0.15) is 11.5 Å². The van der Waals surface area contributed by atoms with Crippen LogP contribution in [0.15, 0.2) is 12.1 Å². The van der Waals surface area contributed by atoms with Crippen LogP contribution in [-0.4, -0.2) is 23.5 Å². The molecule has 0 unspecified atom stereocenters. The fourth-order valence-corrected chi connectivity index (χ4v) is 2.83. The molecule has 0 bridgehead atoms. The van der Waals surface area contributed by atoms with E-state index in [4.69, 9.17) is 11.6 Å². The normalized spacial score (nSPS) is 19.5. The van der Waals surface area contributed by atoms with E-state index in [2.05, 4.69) is 43.3 Å². The third-order valence-electron chi connectivity index (χ3n) is 4.72. The molecule has 110 valence electrons. The Labute approximate surface area is 125 Å². The fourth-order valence-electron chi connectivity index (χ4n) is 2.64. The molecule has 0 spiro atoms. The number of pyridine rings is 1. The molecule has 0 aliphatic heterocycles. The molecule has 2 N–H and O–H groups in total. The van der Waals surface area contributed by atoms with E-state index in [1.165, 1.54) is 0 Å². The summed E-state index contributed by atoms with van der Waals surface area (Å²) in [6.07, 6.45) is 0. The van der Waals surface area contributed by atoms with Gasteiger partial charge in [-0.25, -0.2) is 4.98 Å². The first-order valence-corrected chi connectivity index (χ1v) is 7.31. The zero-order chi connectivity index (χ0) is 15.1. The second kappa shape index (κ2) is 4.92. The minimum atomic E-state index is -0.210. The van der Waals surface area contributed by atoms with Crippen molar-refractivity contribution in [3.63, 3.8) is 0 Å². The molecule has 2 rings (SSSR count). The lowest BCUT2D eigenvalue weighted by molar-refractivity contribution is 0.0939. The molecule has 1 aliphatic rings.